The minimum absolute atomic E-state index is 0.0206. The monoisotopic (exact) mass is 326 g/mol. The Hall–Kier alpha value is -2.21. The van der Waals surface area contributed by atoms with E-state index >= 15 is 0 Å². The van der Waals surface area contributed by atoms with E-state index in [0.717, 1.165) is 45.6 Å². The zero-order valence-electron chi connectivity index (χ0n) is 13.7. The van der Waals surface area contributed by atoms with Crippen LogP contribution in [0.1, 0.15) is 29.0 Å². The zero-order chi connectivity index (χ0) is 16.4. The van der Waals surface area contributed by atoms with Crippen molar-refractivity contribution in [3.8, 4) is 0 Å². The molecule has 0 N–H and O–H groups in total. The highest BCUT2D eigenvalue weighted by molar-refractivity contribution is 5.91. The van der Waals surface area contributed by atoms with E-state index in [2.05, 4.69) is 20.9 Å². The Morgan fingerprint density at radius 3 is 2.58 bits per heavy atom. The van der Waals surface area contributed by atoms with E-state index in [1.165, 1.54) is 18.2 Å². The van der Waals surface area contributed by atoms with Gasteiger partial charge < -0.3 is 9.32 Å². The van der Waals surface area contributed by atoms with Crippen molar-refractivity contribution in [2.24, 2.45) is 11.8 Å². The first-order valence-corrected chi connectivity index (χ1v) is 8.58. The van der Waals surface area contributed by atoms with E-state index in [-0.39, 0.29) is 5.91 Å². The van der Waals surface area contributed by atoms with Crippen LogP contribution in [0.15, 0.2) is 41.5 Å². The van der Waals surface area contributed by atoms with Crippen molar-refractivity contribution in [3.63, 3.8) is 0 Å². The number of hydrogen-bond acceptors (Lipinski definition) is 5. The largest absolute Gasteiger partial charge is 0.438 e. The lowest BCUT2D eigenvalue weighted by Crippen LogP contribution is -2.30. The molecule has 24 heavy (non-hydrogen) atoms. The van der Waals surface area contributed by atoms with Crippen molar-refractivity contribution >= 4 is 5.91 Å². The van der Waals surface area contributed by atoms with Gasteiger partial charge in [0.05, 0.1) is 6.20 Å². The molecule has 6 heteroatoms. The highest BCUT2D eigenvalue weighted by Crippen LogP contribution is 2.32. The topological polar surface area (TPSA) is 62.5 Å². The molecule has 0 bridgehead atoms. The number of hydrogen-bond donors (Lipinski definition) is 0. The van der Waals surface area contributed by atoms with Gasteiger partial charge in [-0.2, -0.15) is 0 Å². The third kappa shape index (κ3) is 3.19. The van der Waals surface area contributed by atoms with E-state index in [1.807, 2.05) is 23.4 Å². The predicted octanol–water partition coefficient (Wildman–Crippen LogP) is 2.05. The van der Waals surface area contributed by atoms with Gasteiger partial charge in [0, 0.05) is 32.0 Å². The van der Waals surface area contributed by atoms with E-state index in [1.54, 1.807) is 0 Å². The first-order chi connectivity index (χ1) is 11.8. The van der Waals surface area contributed by atoms with E-state index < -0.39 is 0 Å². The Kier molecular flexibility index (Phi) is 4.30. The molecule has 0 spiro atoms. The number of likely N-dealkylation sites (tertiary alicyclic amines) is 2. The summed E-state index contributed by atoms with van der Waals surface area (Å²) in [6.07, 6.45) is 8.88. The molecule has 0 aromatic carbocycles. The van der Waals surface area contributed by atoms with Gasteiger partial charge in [-0.25, -0.2) is 4.98 Å². The molecule has 0 radical (unpaired) electrons. The van der Waals surface area contributed by atoms with Crippen LogP contribution >= 0.6 is 0 Å². The molecule has 4 heterocycles. The molecule has 4 rings (SSSR count). The SMILES string of the molecule is O=C(c1cnco1)N1C[C@H]2CCN(Cc3cccnc3)CC[C@H]2C1. The Labute approximate surface area is 141 Å². The second-order valence-corrected chi connectivity index (χ2v) is 6.81. The lowest BCUT2D eigenvalue weighted by atomic mass is 9.92. The fraction of sp³-hybridized carbons (Fsp3) is 0.500. The lowest BCUT2D eigenvalue weighted by molar-refractivity contribution is 0.0748. The summed E-state index contributed by atoms with van der Waals surface area (Å²) in [5.41, 5.74) is 1.27. The summed E-state index contributed by atoms with van der Waals surface area (Å²) in [6, 6.07) is 4.13. The van der Waals surface area contributed by atoms with Crippen LogP contribution in [0.2, 0.25) is 0 Å². The second kappa shape index (κ2) is 6.73. The van der Waals surface area contributed by atoms with Crippen molar-refractivity contribution in [2.45, 2.75) is 19.4 Å². The Balaban J connectivity index is 1.34. The molecule has 2 aliphatic rings. The fourth-order valence-electron chi connectivity index (χ4n) is 3.95. The molecule has 2 aliphatic heterocycles. The summed E-state index contributed by atoms with van der Waals surface area (Å²) in [5.74, 6) is 1.52. The highest BCUT2D eigenvalue weighted by Gasteiger charge is 2.37. The molecule has 0 saturated carbocycles. The van der Waals surface area contributed by atoms with Crippen molar-refractivity contribution in [1.82, 2.24) is 19.8 Å². The number of fused-ring (bicyclic) bond motifs is 1. The van der Waals surface area contributed by atoms with Gasteiger partial charge in [0.25, 0.3) is 5.91 Å². The standard InChI is InChI=1S/C18H22N4O2/c23-18(17-9-20-13-24-17)22-11-15-3-6-21(7-4-16(15)12-22)10-14-2-1-5-19-8-14/h1-2,5,8-9,13,15-16H,3-4,6-7,10-12H2/t15-,16+. The molecule has 2 fully saturated rings. The maximum absolute atomic E-state index is 12.4. The van der Waals surface area contributed by atoms with Crippen LogP contribution < -0.4 is 0 Å². The first-order valence-electron chi connectivity index (χ1n) is 8.58. The van der Waals surface area contributed by atoms with Gasteiger partial charge in [0.2, 0.25) is 5.76 Å². The molecular weight excluding hydrogens is 304 g/mol. The number of oxazole rings is 1. The number of aromatic nitrogens is 2. The van der Waals surface area contributed by atoms with Gasteiger partial charge in [0.15, 0.2) is 6.39 Å². The van der Waals surface area contributed by atoms with Crippen LogP contribution in [0.4, 0.5) is 0 Å². The first kappa shape index (κ1) is 15.3. The minimum Gasteiger partial charge on any atom is -0.438 e. The molecule has 6 nitrogen and oxygen atoms in total. The summed E-state index contributed by atoms with van der Waals surface area (Å²) >= 11 is 0. The molecule has 2 saturated heterocycles. The maximum Gasteiger partial charge on any atom is 0.291 e. The maximum atomic E-state index is 12.4. The summed E-state index contributed by atoms with van der Waals surface area (Å²) in [5, 5.41) is 0. The molecule has 1 amide bonds. The Morgan fingerprint density at radius 2 is 1.96 bits per heavy atom. The van der Waals surface area contributed by atoms with Crippen LogP contribution in [-0.4, -0.2) is 51.9 Å². The van der Waals surface area contributed by atoms with Crippen LogP contribution in [0.3, 0.4) is 0 Å². The molecule has 0 unspecified atom stereocenters. The normalized spacial score (nSPS) is 24.6. The zero-order valence-corrected chi connectivity index (χ0v) is 13.7. The average Bonchev–Trinajstić information content (AvgIpc) is 3.25. The van der Waals surface area contributed by atoms with Gasteiger partial charge in [-0.05, 0) is 49.4 Å². The Bertz CT molecular complexity index is 658. The summed E-state index contributed by atoms with van der Waals surface area (Å²) in [4.78, 5) is 24.9. The number of nitrogens with zero attached hydrogens (tertiary/aromatic N) is 4. The third-order valence-electron chi connectivity index (χ3n) is 5.27. The smallest absolute Gasteiger partial charge is 0.291 e. The molecule has 2 aromatic rings. The number of amides is 1. The summed E-state index contributed by atoms with van der Waals surface area (Å²) in [7, 11) is 0. The van der Waals surface area contributed by atoms with Gasteiger partial charge in [-0.1, -0.05) is 6.07 Å². The van der Waals surface area contributed by atoms with Crippen molar-refractivity contribution < 1.29 is 9.21 Å². The quantitative estimate of drug-likeness (QED) is 0.864. The van der Waals surface area contributed by atoms with Crippen LogP contribution in [0.25, 0.3) is 0 Å². The van der Waals surface area contributed by atoms with Gasteiger partial charge >= 0.3 is 0 Å². The van der Waals surface area contributed by atoms with E-state index in [0.29, 0.717) is 17.6 Å². The number of pyridine rings is 1. The number of carbonyl (C=O) groups is 1. The molecule has 0 aliphatic carbocycles. The molecule has 126 valence electrons. The van der Waals surface area contributed by atoms with Crippen molar-refractivity contribution in [3.05, 3.63) is 48.4 Å². The summed E-state index contributed by atoms with van der Waals surface area (Å²) in [6.45, 7) is 4.81. The average molecular weight is 326 g/mol. The summed E-state index contributed by atoms with van der Waals surface area (Å²) < 4.78 is 5.15. The lowest BCUT2D eigenvalue weighted by Gasteiger charge is -2.21. The van der Waals surface area contributed by atoms with Crippen molar-refractivity contribution in [1.29, 1.82) is 0 Å². The van der Waals surface area contributed by atoms with Crippen LogP contribution in [-0.2, 0) is 6.54 Å². The predicted molar refractivity (Wildman–Crippen MR) is 88.1 cm³/mol. The van der Waals surface area contributed by atoms with Gasteiger partial charge in [-0.3, -0.25) is 14.7 Å². The number of carbonyl (C=O) groups excluding carboxylic acids is 1. The highest BCUT2D eigenvalue weighted by atomic mass is 16.3. The van der Waals surface area contributed by atoms with E-state index in [4.69, 9.17) is 4.42 Å². The van der Waals surface area contributed by atoms with Crippen molar-refractivity contribution in [2.75, 3.05) is 26.2 Å². The Morgan fingerprint density at radius 1 is 1.17 bits per heavy atom. The van der Waals surface area contributed by atoms with E-state index in [9.17, 15) is 4.79 Å². The van der Waals surface area contributed by atoms with Gasteiger partial charge in [0.1, 0.15) is 0 Å². The second-order valence-electron chi connectivity index (χ2n) is 6.81. The molecular formula is C18H22N4O2. The van der Waals surface area contributed by atoms with Gasteiger partial charge in [-0.15, -0.1) is 0 Å². The third-order valence-corrected chi connectivity index (χ3v) is 5.27. The molecule has 2 atom stereocenters. The number of rotatable bonds is 3. The van der Waals surface area contributed by atoms with Crippen LogP contribution in [0, 0.1) is 11.8 Å². The van der Waals surface area contributed by atoms with Crippen LogP contribution in [0.5, 0.6) is 0 Å². The fourth-order valence-corrected chi connectivity index (χ4v) is 3.95. The molecule has 2 aromatic heterocycles. The minimum atomic E-state index is -0.0206.